The van der Waals surface area contributed by atoms with Crippen LogP contribution in [0.5, 0.6) is 0 Å². The van der Waals surface area contributed by atoms with E-state index in [2.05, 4.69) is 4.72 Å². The maximum atomic E-state index is 12.4. The molecule has 2 rings (SSSR count). The molecule has 0 saturated carbocycles. The van der Waals surface area contributed by atoms with Crippen LogP contribution in [0.4, 0.5) is 0 Å². The van der Waals surface area contributed by atoms with Crippen molar-refractivity contribution < 1.29 is 16.8 Å². The van der Waals surface area contributed by atoms with Crippen LogP contribution < -0.4 is 4.72 Å². The molecule has 22 heavy (non-hydrogen) atoms. The van der Waals surface area contributed by atoms with E-state index in [0.29, 0.717) is 0 Å². The number of benzene rings is 2. The highest BCUT2D eigenvalue weighted by Gasteiger charge is 2.20. The lowest BCUT2D eigenvalue weighted by molar-refractivity contribution is 0.566. The van der Waals surface area contributed by atoms with Gasteiger partial charge in [-0.3, -0.25) is 0 Å². The van der Waals surface area contributed by atoms with Crippen molar-refractivity contribution in [2.24, 2.45) is 0 Å². The summed E-state index contributed by atoms with van der Waals surface area (Å²) in [4.78, 5) is -0.0963. The van der Waals surface area contributed by atoms with Gasteiger partial charge in [0.25, 0.3) is 0 Å². The third-order valence-corrected chi connectivity index (χ3v) is 5.82. The third-order valence-electron chi connectivity index (χ3n) is 3.18. The maximum Gasteiger partial charge on any atom is 0.241 e. The Labute approximate surface area is 131 Å². The Morgan fingerprint density at radius 2 is 1.45 bits per heavy atom. The van der Waals surface area contributed by atoms with Crippen molar-refractivity contribution >= 4 is 19.9 Å². The van der Waals surface area contributed by atoms with Crippen molar-refractivity contribution in [1.82, 2.24) is 4.72 Å². The highest BCUT2D eigenvalue weighted by molar-refractivity contribution is 7.91. The smallest absolute Gasteiger partial charge is 0.224 e. The highest BCUT2D eigenvalue weighted by atomic mass is 32.2. The molecule has 0 aromatic heterocycles. The van der Waals surface area contributed by atoms with Gasteiger partial charge in [-0.2, -0.15) is 0 Å². The van der Waals surface area contributed by atoms with Crippen LogP contribution in [0.25, 0.3) is 0 Å². The Bertz CT molecular complexity index is 859. The lowest BCUT2D eigenvalue weighted by atomic mass is 10.1. The number of rotatable bonds is 5. The second-order valence-corrected chi connectivity index (χ2v) is 8.73. The van der Waals surface area contributed by atoms with Gasteiger partial charge < -0.3 is 0 Å². The number of sulfonamides is 1. The molecule has 0 saturated heterocycles. The molecule has 2 aromatic rings. The largest absolute Gasteiger partial charge is 0.241 e. The molecule has 0 heterocycles. The van der Waals surface area contributed by atoms with Crippen molar-refractivity contribution in [1.29, 1.82) is 0 Å². The zero-order valence-corrected chi connectivity index (χ0v) is 13.9. The van der Waals surface area contributed by atoms with E-state index in [1.165, 1.54) is 18.2 Å². The average Bonchev–Trinajstić information content (AvgIpc) is 2.47. The van der Waals surface area contributed by atoms with Crippen LogP contribution in [0, 0.1) is 0 Å². The predicted octanol–water partition coefficient (Wildman–Crippen LogP) is 2.13. The standard InChI is InChI=1S/C15H17NO4S2/c1-12(13-7-4-3-5-8-13)16-22(19,20)15-10-6-9-14(11-15)21(2,17)18/h3-12,16H,1-2H3. The summed E-state index contributed by atoms with van der Waals surface area (Å²) < 4.78 is 50.4. The summed E-state index contributed by atoms with van der Waals surface area (Å²) in [5, 5.41) is 0. The number of nitrogens with one attached hydrogen (secondary N) is 1. The van der Waals surface area contributed by atoms with Gasteiger partial charge in [0.1, 0.15) is 0 Å². The van der Waals surface area contributed by atoms with Crippen LogP contribution in [0.2, 0.25) is 0 Å². The number of hydrogen-bond donors (Lipinski definition) is 1. The summed E-state index contributed by atoms with van der Waals surface area (Å²) in [5.41, 5.74) is 0.824. The minimum atomic E-state index is -3.80. The van der Waals surface area contributed by atoms with Crippen LogP contribution in [-0.4, -0.2) is 23.1 Å². The molecule has 5 nitrogen and oxygen atoms in total. The van der Waals surface area contributed by atoms with Crippen molar-refractivity contribution in [3.8, 4) is 0 Å². The van der Waals surface area contributed by atoms with E-state index in [-0.39, 0.29) is 9.79 Å². The maximum absolute atomic E-state index is 12.4. The molecule has 0 spiro atoms. The van der Waals surface area contributed by atoms with Gasteiger partial charge in [0.05, 0.1) is 9.79 Å². The van der Waals surface area contributed by atoms with Crippen LogP contribution in [0.3, 0.4) is 0 Å². The summed E-state index contributed by atoms with van der Waals surface area (Å²) >= 11 is 0. The van der Waals surface area contributed by atoms with E-state index in [4.69, 9.17) is 0 Å². The van der Waals surface area contributed by atoms with Gasteiger partial charge in [-0.05, 0) is 30.7 Å². The fourth-order valence-corrected chi connectivity index (χ4v) is 4.00. The lowest BCUT2D eigenvalue weighted by Crippen LogP contribution is -2.27. The molecule has 0 bridgehead atoms. The van der Waals surface area contributed by atoms with Gasteiger partial charge >= 0.3 is 0 Å². The van der Waals surface area contributed by atoms with Gasteiger partial charge in [-0.15, -0.1) is 0 Å². The van der Waals surface area contributed by atoms with Crippen molar-refractivity contribution in [2.75, 3.05) is 6.26 Å². The third kappa shape index (κ3) is 3.94. The van der Waals surface area contributed by atoms with Gasteiger partial charge in [0.15, 0.2) is 9.84 Å². The predicted molar refractivity (Wildman–Crippen MR) is 84.7 cm³/mol. The van der Waals surface area contributed by atoms with E-state index in [1.807, 2.05) is 30.3 Å². The quantitative estimate of drug-likeness (QED) is 0.905. The Kier molecular flexibility index (Phi) is 4.69. The Hall–Kier alpha value is -1.70. The van der Waals surface area contributed by atoms with Gasteiger partial charge in [-0.25, -0.2) is 21.6 Å². The van der Waals surface area contributed by atoms with Crippen LogP contribution >= 0.6 is 0 Å². The van der Waals surface area contributed by atoms with Crippen molar-refractivity contribution in [2.45, 2.75) is 22.8 Å². The summed E-state index contributed by atoms with van der Waals surface area (Å²) in [6, 6.07) is 14.0. The summed E-state index contributed by atoms with van der Waals surface area (Å²) in [6.07, 6.45) is 1.04. The molecule has 0 radical (unpaired) electrons. The second-order valence-electron chi connectivity index (χ2n) is 5.00. The first-order valence-electron chi connectivity index (χ1n) is 6.57. The topological polar surface area (TPSA) is 80.3 Å². The molecular formula is C15H17NO4S2. The van der Waals surface area contributed by atoms with E-state index in [9.17, 15) is 16.8 Å². The molecule has 2 aromatic carbocycles. The number of hydrogen-bond acceptors (Lipinski definition) is 4. The summed E-state index contributed by atoms with van der Waals surface area (Å²) in [5.74, 6) is 0. The molecule has 0 aliphatic carbocycles. The monoisotopic (exact) mass is 339 g/mol. The molecule has 0 aliphatic heterocycles. The summed E-state index contributed by atoms with van der Waals surface area (Å²) in [7, 11) is -7.26. The lowest BCUT2D eigenvalue weighted by Gasteiger charge is -2.15. The first-order chi connectivity index (χ1) is 10.2. The normalized spacial score (nSPS) is 13.7. The van der Waals surface area contributed by atoms with E-state index >= 15 is 0 Å². The Morgan fingerprint density at radius 1 is 0.864 bits per heavy atom. The molecule has 7 heteroatoms. The SMILES string of the molecule is CC(NS(=O)(=O)c1cccc(S(C)(=O)=O)c1)c1ccccc1. The van der Waals surface area contributed by atoms with Crippen molar-refractivity contribution in [3.05, 3.63) is 60.2 Å². The zero-order valence-electron chi connectivity index (χ0n) is 12.2. The van der Waals surface area contributed by atoms with Crippen molar-refractivity contribution in [3.63, 3.8) is 0 Å². The summed E-state index contributed by atoms with van der Waals surface area (Å²) in [6.45, 7) is 1.73. The zero-order chi connectivity index (χ0) is 16.4. The average molecular weight is 339 g/mol. The first-order valence-corrected chi connectivity index (χ1v) is 9.95. The Balaban J connectivity index is 2.32. The minimum absolute atomic E-state index is 0.0252. The molecule has 0 fully saturated rings. The highest BCUT2D eigenvalue weighted by Crippen LogP contribution is 2.19. The van der Waals surface area contributed by atoms with Crippen LogP contribution in [0.15, 0.2) is 64.4 Å². The fraction of sp³-hybridized carbons (Fsp3) is 0.200. The fourth-order valence-electron chi connectivity index (χ4n) is 1.98. The number of sulfone groups is 1. The molecule has 118 valence electrons. The molecular weight excluding hydrogens is 322 g/mol. The Morgan fingerprint density at radius 3 is 2.05 bits per heavy atom. The molecule has 0 aliphatic rings. The second kappa shape index (κ2) is 6.20. The molecule has 0 amide bonds. The molecule has 1 unspecified atom stereocenters. The minimum Gasteiger partial charge on any atom is -0.224 e. The van der Waals surface area contributed by atoms with E-state index in [1.54, 1.807) is 6.92 Å². The van der Waals surface area contributed by atoms with E-state index in [0.717, 1.165) is 17.9 Å². The first kappa shape index (κ1) is 16.7. The van der Waals surface area contributed by atoms with Crippen LogP contribution in [0.1, 0.15) is 18.5 Å². The molecule has 1 N–H and O–H groups in total. The van der Waals surface area contributed by atoms with Gasteiger partial charge in [0.2, 0.25) is 10.0 Å². The van der Waals surface area contributed by atoms with Crippen LogP contribution in [-0.2, 0) is 19.9 Å². The molecule has 1 atom stereocenters. The van der Waals surface area contributed by atoms with E-state index < -0.39 is 25.9 Å². The van der Waals surface area contributed by atoms with Gasteiger partial charge in [0, 0.05) is 12.3 Å². The van der Waals surface area contributed by atoms with Gasteiger partial charge in [-0.1, -0.05) is 36.4 Å².